The van der Waals surface area contributed by atoms with Crippen LogP contribution in [0.15, 0.2) is 0 Å². The van der Waals surface area contributed by atoms with Crippen LogP contribution in [0.4, 0.5) is 5.73 Å². The molecule has 1 atom stereocenters. The Morgan fingerprint density at radius 2 is 1.48 bits per heavy atom. The second-order valence-corrected chi connectivity index (χ2v) is 8.78. The third-order valence-corrected chi connectivity index (χ3v) is 5.54. The summed E-state index contributed by atoms with van der Waals surface area (Å²) in [7, 11) is 0. The van der Waals surface area contributed by atoms with E-state index in [4.69, 9.17) is 0 Å². The number of carbonyl (C=O) groups is 1. The van der Waals surface area contributed by atoms with Crippen LogP contribution in [0.3, 0.4) is 0 Å². The van der Waals surface area contributed by atoms with Crippen molar-refractivity contribution >= 4 is 26.9 Å². The molecule has 0 aliphatic carbocycles. The first kappa shape index (κ1) is 23.4. The van der Waals surface area contributed by atoms with E-state index in [0.29, 0.717) is 6.42 Å². The molecule has 0 N–H and O–H groups in total. The van der Waals surface area contributed by atoms with Gasteiger partial charge in [-0.3, -0.25) is 0 Å². The molecule has 0 aromatic heterocycles. The Morgan fingerprint density at radius 1 is 0.952 bits per heavy atom. The van der Waals surface area contributed by atoms with Crippen molar-refractivity contribution in [2.75, 3.05) is 0 Å². The van der Waals surface area contributed by atoms with Gasteiger partial charge < -0.3 is 9.90 Å². The molecule has 0 radical (unpaired) electrons. The van der Waals surface area contributed by atoms with Crippen molar-refractivity contribution in [1.82, 2.24) is 0 Å². The van der Waals surface area contributed by atoms with Crippen molar-refractivity contribution in [3.8, 4) is 0 Å². The standard InChI is InChI=1S/C8H16O2.C8H17.2FH.Sn/c1-3-5-6-7(4-2)8(9)10;1-3-5-7-8-6-4-2;;;/h7H,3-6H2,1-2H3,(H,9,10);1,3-8H2,2H3;2*1H;/q;;;;+3/p-3. The Hall–Kier alpha value is 0.129. The molecule has 1 unspecified atom stereocenters. The molecule has 0 amide bonds. The summed E-state index contributed by atoms with van der Waals surface area (Å²) in [4.78, 5) is 10.3. The molecule has 2 nitrogen and oxygen atoms in total. The summed E-state index contributed by atoms with van der Waals surface area (Å²) in [5.74, 6) is -1.11. The SMILES string of the molecule is CCCCC(CC)C(=O)[O-].CCCCCCC[CH2][Sn+]([F])[F]. The second-order valence-electron chi connectivity index (χ2n) is 5.42. The predicted octanol–water partition coefficient (Wildman–Crippen LogP) is 4.73. The van der Waals surface area contributed by atoms with Gasteiger partial charge in [-0.05, 0) is 18.8 Å². The van der Waals surface area contributed by atoms with E-state index in [2.05, 4.69) is 13.8 Å². The van der Waals surface area contributed by atoms with Crippen LogP contribution < -0.4 is 5.11 Å². The summed E-state index contributed by atoms with van der Waals surface area (Å²) in [5, 5.41) is 10.3. The van der Waals surface area contributed by atoms with Gasteiger partial charge in [0.1, 0.15) is 0 Å². The fourth-order valence-corrected chi connectivity index (χ4v) is 3.45. The zero-order valence-corrected chi connectivity index (χ0v) is 16.8. The maximum absolute atomic E-state index is 11.8. The van der Waals surface area contributed by atoms with Crippen LogP contribution in [0.25, 0.3) is 0 Å². The van der Waals surface area contributed by atoms with Gasteiger partial charge in [0.15, 0.2) is 0 Å². The summed E-state index contributed by atoms with van der Waals surface area (Å²) < 4.78 is 23.9. The number of carboxylic acid groups (broad SMARTS) is 1. The van der Waals surface area contributed by atoms with Crippen molar-refractivity contribution < 1.29 is 15.6 Å². The Labute approximate surface area is 138 Å². The van der Waals surface area contributed by atoms with Gasteiger partial charge in [-0.1, -0.05) is 26.7 Å². The second kappa shape index (κ2) is 18.2. The van der Waals surface area contributed by atoms with Crippen molar-refractivity contribution in [2.45, 2.75) is 89.4 Å². The molecule has 5 heteroatoms. The molecule has 0 aromatic rings. The van der Waals surface area contributed by atoms with Crippen molar-refractivity contribution in [2.24, 2.45) is 5.92 Å². The molecule has 0 saturated heterocycles. The van der Waals surface area contributed by atoms with E-state index in [0.717, 1.165) is 38.5 Å². The molecule has 0 fully saturated rings. The van der Waals surface area contributed by atoms with E-state index in [9.17, 15) is 15.6 Å². The van der Waals surface area contributed by atoms with Crippen LogP contribution in [0.1, 0.15) is 85.0 Å². The molecule has 0 heterocycles. The first-order chi connectivity index (χ1) is 9.99. The van der Waals surface area contributed by atoms with Gasteiger partial charge in [0, 0.05) is 5.97 Å². The van der Waals surface area contributed by atoms with E-state index >= 15 is 0 Å². The zero-order valence-electron chi connectivity index (χ0n) is 13.9. The predicted molar refractivity (Wildman–Crippen MR) is 84.5 cm³/mol. The van der Waals surface area contributed by atoms with Crippen LogP contribution in [-0.2, 0) is 4.79 Å². The minimum atomic E-state index is -3.70. The molecule has 21 heavy (non-hydrogen) atoms. The quantitative estimate of drug-likeness (QED) is 0.343. The van der Waals surface area contributed by atoms with Crippen LogP contribution in [0, 0.1) is 5.92 Å². The van der Waals surface area contributed by atoms with E-state index in [-0.39, 0.29) is 10.4 Å². The molecule has 0 aliphatic heterocycles. The summed E-state index contributed by atoms with van der Waals surface area (Å²) >= 11 is -3.70. The van der Waals surface area contributed by atoms with Gasteiger partial charge in [0.2, 0.25) is 0 Å². The van der Waals surface area contributed by atoms with E-state index < -0.39 is 26.9 Å². The Morgan fingerprint density at radius 3 is 1.90 bits per heavy atom. The molecule has 0 aromatic carbocycles. The normalized spacial score (nSPS) is 11.5. The van der Waals surface area contributed by atoms with Gasteiger partial charge in [-0.25, -0.2) is 0 Å². The number of rotatable bonds is 12. The van der Waals surface area contributed by atoms with Crippen molar-refractivity contribution in [1.29, 1.82) is 0 Å². The van der Waals surface area contributed by atoms with Gasteiger partial charge in [-0.15, -0.1) is 0 Å². The van der Waals surface area contributed by atoms with E-state index in [1.807, 2.05) is 6.92 Å². The van der Waals surface area contributed by atoms with Gasteiger partial charge >= 0.3 is 76.5 Å². The average molecular weight is 413 g/mol. The van der Waals surface area contributed by atoms with Crippen LogP contribution >= 0.6 is 0 Å². The van der Waals surface area contributed by atoms with Gasteiger partial charge in [0.05, 0.1) is 0 Å². The first-order valence-corrected chi connectivity index (χ1v) is 12.5. The first-order valence-electron chi connectivity index (χ1n) is 8.37. The van der Waals surface area contributed by atoms with E-state index in [1.54, 1.807) is 0 Å². The fourth-order valence-electron chi connectivity index (χ4n) is 1.98. The molecule has 0 rings (SSSR count). The molecule has 0 saturated carbocycles. The number of hydrogen-bond donors (Lipinski definition) is 0. The Kier molecular flexibility index (Phi) is 20.3. The summed E-state index contributed by atoms with van der Waals surface area (Å²) in [6.45, 7) is 6.10. The van der Waals surface area contributed by atoms with Crippen LogP contribution in [0.2, 0.25) is 4.44 Å². The number of hydrogen-bond acceptors (Lipinski definition) is 2. The molecule has 0 bridgehead atoms. The number of carboxylic acids is 1. The minimum absolute atomic E-state index is 0.222. The van der Waals surface area contributed by atoms with Crippen LogP contribution in [0.5, 0.6) is 0 Å². The topological polar surface area (TPSA) is 40.1 Å². The molecule has 126 valence electrons. The average Bonchev–Trinajstić information content (AvgIpc) is 2.43. The summed E-state index contributed by atoms with van der Waals surface area (Å²) in [6.07, 6.45) is 10.2. The van der Waals surface area contributed by atoms with Crippen LogP contribution in [-0.4, -0.2) is 26.9 Å². The molecular weight excluding hydrogens is 381 g/mol. The number of halogens is 2. The summed E-state index contributed by atoms with van der Waals surface area (Å²) in [6, 6.07) is 0. The third kappa shape index (κ3) is 20.1. The Bertz CT molecular complexity index is 226. The maximum atomic E-state index is 11.8. The van der Waals surface area contributed by atoms with Gasteiger partial charge in [-0.2, -0.15) is 0 Å². The zero-order chi connectivity index (χ0) is 16.5. The van der Waals surface area contributed by atoms with Crippen molar-refractivity contribution in [3.63, 3.8) is 0 Å². The molecule has 0 spiro atoms. The number of carbonyl (C=O) groups excluding carboxylic acids is 1. The number of unbranched alkanes of at least 4 members (excludes halogenated alkanes) is 6. The van der Waals surface area contributed by atoms with Crippen molar-refractivity contribution in [3.05, 3.63) is 0 Å². The van der Waals surface area contributed by atoms with Gasteiger partial charge in [0.25, 0.3) is 0 Å². The Balaban J connectivity index is 0. The summed E-state index contributed by atoms with van der Waals surface area (Å²) in [5.41, 5.74) is 0. The fraction of sp³-hybridized carbons (Fsp3) is 0.938. The third-order valence-electron chi connectivity index (χ3n) is 3.45. The van der Waals surface area contributed by atoms with E-state index in [1.165, 1.54) is 19.3 Å². The molecule has 0 aliphatic rings. The molecular formula is C16H32F2O2Sn. The monoisotopic (exact) mass is 414 g/mol. The number of aliphatic carboxylic acids is 1.